The summed E-state index contributed by atoms with van der Waals surface area (Å²) >= 11 is 23.4. The van der Waals surface area contributed by atoms with E-state index in [2.05, 4.69) is 8.86 Å². The molecule has 11 heteroatoms. The van der Waals surface area contributed by atoms with Gasteiger partial charge in [0.25, 0.3) is 0 Å². The molecule has 0 bridgehead atoms. The van der Waals surface area contributed by atoms with Crippen LogP contribution in [0.1, 0.15) is 38.5 Å². The molecule has 0 saturated heterocycles. The number of carbonyl (C=O) groups is 1. The van der Waals surface area contributed by atoms with Crippen LogP contribution >= 0.6 is 58.4 Å². The quantitative estimate of drug-likeness (QED) is 0.376. The van der Waals surface area contributed by atoms with Crippen molar-refractivity contribution in [1.29, 1.82) is 0 Å². The van der Waals surface area contributed by atoms with Crippen molar-refractivity contribution in [2.24, 2.45) is 0 Å². The highest BCUT2D eigenvalue weighted by molar-refractivity contribution is 8.12. The van der Waals surface area contributed by atoms with Crippen molar-refractivity contribution in [3.05, 3.63) is 0 Å². The average molecular weight is 433 g/mol. The summed E-state index contributed by atoms with van der Waals surface area (Å²) in [6.45, 7) is 0. The van der Waals surface area contributed by atoms with Crippen LogP contribution in [0.4, 0.5) is 0 Å². The summed E-state index contributed by atoms with van der Waals surface area (Å²) in [5, 5.41) is 0. The van der Waals surface area contributed by atoms with Crippen LogP contribution in [0.5, 0.6) is 0 Å². The molecule has 5 nitrogen and oxygen atoms in total. The summed E-state index contributed by atoms with van der Waals surface area (Å²) in [5.41, 5.74) is 0. The van der Waals surface area contributed by atoms with E-state index in [1.807, 2.05) is 0 Å². The zero-order valence-electron chi connectivity index (χ0n) is 11.8. The van der Waals surface area contributed by atoms with E-state index in [9.17, 15) is 13.2 Å². The first-order valence-corrected chi connectivity index (χ1v) is 10.4. The maximum Gasteiger partial charge on any atom is 0.307 e. The van der Waals surface area contributed by atoms with E-state index >= 15 is 0 Å². The van der Waals surface area contributed by atoms with Crippen LogP contribution in [0, 0.1) is 0 Å². The zero-order chi connectivity index (χ0) is 17.0. The fraction of sp³-hybridized carbons (Fsp3) is 0.909. The van der Waals surface area contributed by atoms with Crippen molar-refractivity contribution in [2.45, 2.75) is 51.8 Å². The third-order valence-electron chi connectivity index (χ3n) is 3.57. The Morgan fingerprint density at radius 2 is 1.86 bits per heavy atom. The molecule has 1 fully saturated rings. The predicted octanol–water partition coefficient (Wildman–Crippen LogP) is 3.76. The Bertz CT molecular complexity index is 492. The number of rotatable bonds is 7. The van der Waals surface area contributed by atoms with Crippen LogP contribution in [-0.2, 0) is 19.6 Å². The molecule has 0 aromatic carbocycles. The van der Waals surface area contributed by atoms with Gasteiger partial charge in [-0.2, -0.15) is 4.13 Å². The normalized spacial score (nSPS) is 19.2. The van der Waals surface area contributed by atoms with E-state index in [0.717, 1.165) is 6.42 Å². The minimum atomic E-state index is -3.89. The fourth-order valence-electron chi connectivity index (χ4n) is 2.32. The molecule has 1 aliphatic rings. The molecule has 0 atom stereocenters. The summed E-state index contributed by atoms with van der Waals surface area (Å²) in [4.78, 5) is 10.4. The molecular weight excluding hydrogens is 416 g/mol. The molecule has 0 aliphatic heterocycles. The highest BCUT2D eigenvalue weighted by atomic mass is 35.5. The van der Waals surface area contributed by atoms with E-state index in [-0.39, 0.29) is 6.42 Å². The number of ether oxygens (including phenoxy) is 1. The molecule has 1 saturated carbocycles. The largest absolute Gasteiger partial charge is 0.469 e. The molecule has 0 heterocycles. The molecule has 1 N–H and O–H groups in total. The second-order valence-electron chi connectivity index (χ2n) is 5.05. The monoisotopic (exact) mass is 431 g/mol. The number of carbonyl (C=O) groups excluding carboxylic acids is 1. The van der Waals surface area contributed by atoms with Gasteiger partial charge in [0.05, 0.1) is 18.3 Å². The van der Waals surface area contributed by atoms with Gasteiger partial charge >= 0.3 is 5.97 Å². The first-order chi connectivity index (χ1) is 10.1. The Balaban J connectivity index is 2.94. The van der Waals surface area contributed by atoms with E-state index in [1.165, 1.54) is 7.11 Å². The lowest BCUT2D eigenvalue weighted by molar-refractivity contribution is -0.141. The van der Waals surface area contributed by atoms with Crippen LogP contribution in [-0.4, -0.2) is 34.7 Å². The van der Waals surface area contributed by atoms with E-state index < -0.39 is 29.2 Å². The molecule has 0 aromatic heterocycles. The van der Waals surface area contributed by atoms with Gasteiger partial charge in [-0.3, -0.25) is 4.79 Å². The fourth-order valence-corrected chi connectivity index (χ4v) is 5.96. The van der Waals surface area contributed by atoms with Crippen molar-refractivity contribution in [3.8, 4) is 0 Å². The second-order valence-corrected chi connectivity index (χ2v) is 11.4. The van der Waals surface area contributed by atoms with Gasteiger partial charge in [0, 0.05) is 0 Å². The number of hydrogen-bond acceptors (Lipinski definition) is 5. The van der Waals surface area contributed by atoms with Gasteiger partial charge in [0.2, 0.25) is 13.7 Å². The van der Waals surface area contributed by atoms with Crippen LogP contribution in [0.2, 0.25) is 0 Å². The molecular formula is C11H17Cl4NO4S2. The lowest BCUT2D eigenvalue weighted by Crippen LogP contribution is -2.48. The standard InChI is InChI=1S/C11H17Cl4NO4S2/c1-20-8(17)7-10(5-3-2-4-6-10)22(18,19)16-21-11(14,15)9(12)13/h9,16H,2-7H2,1H3. The number of nitrogens with one attached hydrogen (secondary N) is 1. The number of esters is 1. The number of methoxy groups -OCH3 is 1. The van der Waals surface area contributed by atoms with Crippen molar-refractivity contribution >= 4 is 74.3 Å². The van der Waals surface area contributed by atoms with E-state index in [1.54, 1.807) is 0 Å². The summed E-state index contributed by atoms with van der Waals surface area (Å²) in [6.07, 6.45) is 2.85. The van der Waals surface area contributed by atoms with Crippen LogP contribution in [0.3, 0.4) is 0 Å². The molecule has 1 rings (SSSR count). The Hall–Kier alpha value is 0.890. The smallest absolute Gasteiger partial charge is 0.307 e. The highest BCUT2D eigenvalue weighted by Gasteiger charge is 2.48. The first-order valence-electron chi connectivity index (χ1n) is 6.48. The lowest BCUT2D eigenvalue weighted by Gasteiger charge is -2.36. The van der Waals surface area contributed by atoms with Gasteiger partial charge in [-0.1, -0.05) is 42.5 Å². The summed E-state index contributed by atoms with van der Waals surface area (Å²) in [7, 11) is -2.67. The maximum absolute atomic E-state index is 12.7. The van der Waals surface area contributed by atoms with Crippen molar-refractivity contribution < 1.29 is 17.9 Å². The molecule has 0 unspecified atom stereocenters. The summed E-state index contributed by atoms with van der Waals surface area (Å²) in [6, 6.07) is 0. The molecule has 0 spiro atoms. The Morgan fingerprint density at radius 1 is 1.32 bits per heavy atom. The van der Waals surface area contributed by atoms with Gasteiger partial charge < -0.3 is 4.74 Å². The molecule has 1 aliphatic carbocycles. The van der Waals surface area contributed by atoms with Gasteiger partial charge in [-0.05, 0) is 24.8 Å². The highest BCUT2D eigenvalue weighted by Crippen LogP contribution is 2.44. The van der Waals surface area contributed by atoms with Gasteiger partial charge in [0.15, 0.2) is 4.84 Å². The lowest BCUT2D eigenvalue weighted by atomic mass is 9.86. The second kappa shape index (κ2) is 8.32. The van der Waals surface area contributed by atoms with Gasteiger partial charge in [0.1, 0.15) is 0 Å². The van der Waals surface area contributed by atoms with E-state index in [0.29, 0.717) is 37.6 Å². The van der Waals surface area contributed by atoms with E-state index in [4.69, 9.17) is 46.4 Å². The van der Waals surface area contributed by atoms with Crippen LogP contribution in [0.25, 0.3) is 0 Å². The van der Waals surface area contributed by atoms with Crippen molar-refractivity contribution in [3.63, 3.8) is 0 Å². The number of hydrogen-bond donors (Lipinski definition) is 1. The Morgan fingerprint density at radius 3 is 2.32 bits per heavy atom. The third kappa shape index (κ3) is 5.19. The molecule has 0 aromatic rings. The van der Waals surface area contributed by atoms with Crippen molar-refractivity contribution in [2.75, 3.05) is 7.11 Å². The molecule has 130 valence electrons. The van der Waals surface area contributed by atoms with Crippen LogP contribution in [0.15, 0.2) is 0 Å². The topological polar surface area (TPSA) is 72.5 Å². The van der Waals surface area contributed by atoms with Gasteiger partial charge in [-0.25, -0.2) is 8.42 Å². The van der Waals surface area contributed by atoms with Crippen LogP contribution < -0.4 is 4.13 Å². The number of sulfonamides is 1. The maximum atomic E-state index is 12.7. The molecule has 0 radical (unpaired) electrons. The average Bonchev–Trinajstić information content (AvgIpc) is 2.46. The number of halogens is 4. The predicted molar refractivity (Wildman–Crippen MR) is 92.0 cm³/mol. The molecule has 22 heavy (non-hydrogen) atoms. The Labute approximate surface area is 154 Å². The van der Waals surface area contributed by atoms with Gasteiger partial charge in [-0.15, -0.1) is 23.2 Å². The molecule has 0 amide bonds. The minimum Gasteiger partial charge on any atom is -0.469 e. The van der Waals surface area contributed by atoms with Crippen molar-refractivity contribution in [1.82, 2.24) is 4.13 Å². The SMILES string of the molecule is COC(=O)CC1(S(=O)(=O)NSC(Cl)(Cl)C(Cl)Cl)CCCCC1. The first kappa shape index (κ1) is 20.9. The summed E-state index contributed by atoms with van der Waals surface area (Å²) in [5.74, 6) is -0.576. The zero-order valence-corrected chi connectivity index (χ0v) is 16.4. The Kier molecular flexibility index (Phi) is 7.91. The summed E-state index contributed by atoms with van der Waals surface area (Å²) < 4.78 is 29.3. The minimum absolute atomic E-state index is 0.220. The number of alkyl halides is 4. The third-order valence-corrected chi connectivity index (χ3v) is 9.24.